The number of para-hydroxylation sites is 1. The highest BCUT2D eigenvalue weighted by atomic mass is 35.5. The van der Waals surface area contributed by atoms with E-state index in [4.69, 9.17) is 16.0 Å². The van der Waals surface area contributed by atoms with E-state index in [0.29, 0.717) is 22.2 Å². The molecule has 2 aromatic carbocycles. The molecule has 0 saturated heterocycles. The van der Waals surface area contributed by atoms with E-state index < -0.39 is 0 Å². The van der Waals surface area contributed by atoms with Gasteiger partial charge in [-0.15, -0.1) is 9.61 Å². The smallest absolute Gasteiger partial charge is 0.328 e. The molecule has 0 aliphatic carbocycles. The predicted molar refractivity (Wildman–Crippen MR) is 104 cm³/mol. The van der Waals surface area contributed by atoms with Crippen LogP contribution in [-0.2, 0) is 0 Å². The maximum absolute atomic E-state index is 13.1. The molecule has 3 heterocycles. The lowest BCUT2D eigenvalue weighted by atomic mass is 10.2. The topological polar surface area (TPSA) is 65.3 Å². The number of halogens is 1. The van der Waals surface area contributed by atoms with Crippen LogP contribution in [0.1, 0.15) is 5.69 Å². The summed E-state index contributed by atoms with van der Waals surface area (Å²) in [5.41, 5.74) is 2.72. The second-order valence-electron chi connectivity index (χ2n) is 6.24. The average Bonchev–Trinajstić information content (AvgIpc) is 3.24. The van der Waals surface area contributed by atoms with Gasteiger partial charge in [0, 0.05) is 21.7 Å². The third-order valence-corrected chi connectivity index (χ3v) is 4.75. The SMILES string of the molecule is Cc1cc2ccccc2n1-c1cnc2oc(-c3ccc(Cl)cc3)nn2c1=O. The van der Waals surface area contributed by atoms with Crippen LogP contribution in [0.15, 0.2) is 70.0 Å². The minimum atomic E-state index is -0.298. The fraction of sp³-hybridized carbons (Fsp3) is 0.0500. The van der Waals surface area contributed by atoms with Gasteiger partial charge in [0.2, 0.25) is 5.89 Å². The predicted octanol–water partition coefficient (Wildman–Crippen LogP) is 4.26. The highest BCUT2D eigenvalue weighted by Gasteiger charge is 2.16. The van der Waals surface area contributed by atoms with Crippen LogP contribution in [-0.4, -0.2) is 19.2 Å². The lowest BCUT2D eigenvalue weighted by Crippen LogP contribution is -2.21. The fourth-order valence-electron chi connectivity index (χ4n) is 3.25. The summed E-state index contributed by atoms with van der Waals surface area (Å²) in [5, 5.41) is 5.98. The largest absolute Gasteiger partial charge is 0.403 e. The normalized spacial score (nSPS) is 11.5. The molecule has 0 unspecified atom stereocenters. The molecule has 3 aromatic heterocycles. The van der Waals surface area contributed by atoms with E-state index >= 15 is 0 Å². The number of fused-ring (bicyclic) bond motifs is 2. The van der Waals surface area contributed by atoms with E-state index in [1.165, 1.54) is 10.7 Å². The van der Waals surface area contributed by atoms with Gasteiger partial charge in [0.25, 0.3) is 0 Å². The summed E-state index contributed by atoms with van der Waals surface area (Å²) in [7, 11) is 0. The number of benzene rings is 2. The Balaban J connectivity index is 1.73. The van der Waals surface area contributed by atoms with Crippen molar-refractivity contribution in [2.75, 3.05) is 0 Å². The molecule has 0 radical (unpaired) electrons. The van der Waals surface area contributed by atoms with Gasteiger partial charge < -0.3 is 8.98 Å². The maximum atomic E-state index is 13.1. The lowest BCUT2D eigenvalue weighted by molar-refractivity contribution is 0.601. The monoisotopic (exact) mass is 376 g/mol. The molecular formula is C20H13ClN4O2. The van der Waals surface area contributed by atoms with E-state index in [9.17, 15) is 4.79 Å². The van der Waals surface area contributed by atoms with Gasteiger partial charge in [0.15, 0.2) is 0 Å². The second kappa shape index (κ2) is 5.82. The first-order valence-electron chi connectivity index (χ1n) is 8.34. The zero-order chi connectivity index (χ0) is 18.5. The van der Waals surface area contributed by atoms with Crippen LogP contribution in [0.3, 0.4) is 0 Å². The number of hydrogen-bond donors (Lipinski definition) is 0. The Bertz CT molecular complexity index is 1360. The van der Waals surface area contributed by atoms with Gasteiger partial charge in [-0.25, -0.2) is 4.98 Å². The van der Waals surface area contributed by atoms with E-state index in [2.05, 4.69) is 10.1 Å². The summed E-state index contributed by atoms with van der Waals surface area (Å²) in [6.45, 7) is 1.95. The Morgan fingerprint density at radius 2 is 1.85 bits per heavy atom. The number of aromatic nitrogens is 4. The molecule has 132 valence electrons. The number of rotatable bonds is 2. The highest BCUT2D eigenvalue weighted by molar-refractivity contribution is 6.30. The highest BCUT2D eigenvalue weighted by Crippen LogP contribution is 2.23. The van der Waals surface area contributed by atoms with E-state index in [1.807, 2.05) is 41.8 Å². The Morgan fingerprint density at radius 3 is 2.67 bits per heavy atom. The summed E-state index contributed by atoms with van der Waals surface area (Å²) in [6.07, 6.45) is 1.52. The average molecular weight is 377 g/mol. The van der Waals surface area contributed by atoms with Crippen molar-refractivity contribution in [2.24, 2.45) is 0 Å². The van der Waals surface area contributed by atoms with Crippen molar-refractivity contribution < 1.29 is 4.42 Å². The molecule has 0 bridgehead atoms. The Labute approximate surface area is 158 Å². The summed E-state index contributed by atoms with van der Waals surface area (Å²) in [5.74, 6) is 0.449. The van der Waals surface area contributed by atoms with Crippen molar-refractivity contribution in [1.29, 1.82) is 0 Å². The van der Waals surface area contributed by atoms with Crippen molar-refractivity contribution in [3.8, 4) is 17.1 Å². The van der Waals surface area contributed by atoms with Gasteiger partial charge in [0.05, 0.1) is 11.7 Å². The summed E-state index contributed by atoms with van der Waals surface area (Å²) < 4.78 is 8.72. The van der Waals surface area contributed by atoms with Crippen LogP contribution in [0.25, 0.3) is 33.9 Å². The van der Waals surface area contributed by atoms with Crippen LogP contribution in [0, 0.1) is 6.92 Å². The van der Waals surface area contributed by atoms with Crippen molar-refractivity contribution in [2.45, 2.75) is 6.92 Å². The van der Waals surface area contributed by atoms with E-state index in [0.717, 1.165) is 16.6 Å². The Hall–Kier alpha value is -3.38. The second-order valence-corrected chi connectivity index (χ2v) is 6.67. The first-order valence-corrected chi connectivity index (χ1v) is 8.72. The van der Waals surface area contributed by atoms with Crippen LogP contribution < -0.4 is 5.56 Å². The molecule has 0 spiro atoms. The standard InChI is InChI=1S/C20H13ClN4O2/c1-12-10-14-4-2-3-5-16(14)24(12)17-11-22-20-25(19(17)26)23-18(27-20)13-6-8-15(21)9-7-13/h2-11H,1H3. The molecular weight excluding hydrogens is 364 g/mol. The van der Waals surface area contributed by atoms with Crippen LogP contribution >= 0.6 is 11.6 Å². The molecule has 7 heteroatoms. The number of aryl methyl sites for hydroxylation is 1. The maximum Gasteiger partial charge on any atom is 0.328 e. The van der Waals surface area contributed by atoms with Crippen LogP contribution in [0.4, 0.5) is 0 Å². The van der Waals surface area contributed by atoms with Gasteiger partial charge >= 0.3 is 11.4 Å². The molecule has 5 rings (SSSR count). The van der Waals surface area contributed by atoms with Crippen LogP contribution in [0.2, 0.25) is 5.02 Å². The third kappa shape index (κ3) is 2.45. The zero-order valence-corrected chi connectivity index (χ0v) is 15.0. The molecule has 0 amide bonds. The lowest BCUT2D eigenvalue weighted by Gasteiger charge is -2.06. The molecule has 0 saturated carbocycles. The third-order valence-electron chi connectivity index (χ3n) is 4.50. The van der Waals surface area contributed by atoms with Gasteiger partial charge in [-0.2, -0.15) is 0 Å². The van der Waals surface area contributed by atoms with Crippen molar-refractivity contribution in [3.63, 3.8) is 0 Å². The zero-order valence-electron chi connectivity index (χ0n) is 14.3. The summed E-state index contributed by atoms with van der Waals surface area (Å²) in [6, 6.07) is 17.0. The molecule has 0 aliphatic rings. The molecule has 6 nitrogen and oxygen atoms in total. The number of hydrogen-bond acceptors (Lipinski definition) is 4. The molecule has 5 aromatic rings. The van der Waals surface area contributed by atoms with Crippen molar-refractivity contribution in [3.05, 3.63) is 81.9 Å². The molecule has 27 heavy (non-hydrogen) atoms. The molecule has 0 aliphatic heterocycles. The van der Waals surface area contributed by atoms with Gasteiger partial charge in [-0.3, -0.25) is 4.79 Å². The van der Waals surface area contributed by atoms with Crippen LogP contribution in [0.5, 0.6) is 0 Å². The summed E-state index contributed by atoms with van der Waals surface area (Å²) >= 11 is 5.92. The molecule has 0 N–H and O–H groups in total. The number of nitrogens with zero attached hydrogens (tertiary/aromatic N) is 4. The summed E-state index contributed by atoms with van der Waals surface area (Å²) in [4.78, 5) is 17.4. The Kier molecular flexibility index (Phi) is 3.42. The van der Waals surface area contributed by atoms with Gasteiger partial charge in [0.1, 0.15) is 5.69 Å². The molecule has 0 atom stereocenters. The van der Waals surface area contributed by atoms with Crippen molar-refractivity contribution in [1.82, 2.24) is 19.2 Å². The van der Waals surface area contributed by atoms with Gasteiger partial charge in [-0.05, 0) is 43.3 Å². The van der Waals surface area contributed by atoms with Gasteiger partial charge in [-0.1, -0.05) is 29.8 Å². The van der Waals surface area contributed by atoms with E-state index in [1.54, 1.807) is 24.3 Å². The first-order chi connectivity index (χ1) is 13.1. The van der Waals surface area contributed by atoms with E-state index in [-0.39, 0.29) is 11.4 Å². The van der Waals surface area contributed by atoms with Crippen molar-refractivity contribution >= 4 is 28.3 Å². The Morgan fingerprint density at radius 1 is 1.07 bits per heavy atom. The molecule has 0 fully saturated rings. The minimum absolute atomic E-state index is 0.141. The fourth-order valence-corrected chi connectivity index (χ4v) is 3.38. The first kappa shape index (κ1) is 15.8. The quantitative estimate of drug-likeness (QED) is 0.462. The minimum Gasteiger partial charge on any atom is -0.403 e.